The summed E-state index contributed by atoms with van der Waals surface area (Å²) in [5.74, 6) is 2.90. The van der Waals surface area contributed by atoms with Gasteiger partial charge in [0.1, 0.15) is 18.0 Å². The van der Waals surface area contributed by atoms with E-state index >= 15 is 0 Å². The summed E-state index contributed by atoms with van der Waals surface area (Å²) in [5, 5.41) is 3.22. The SMILES string of the molecule is c1ccc(Nc2cc(C[C@@H]3CCCN(c4ncccn4)C3)ncn2)nc1. The summed E-state index contributed by atoms with van der Waals surface area (Å²) < 4.78 is 0. The number of hydrogen-bond donors (Lipinski definition) is 1. The van der Waals surface area contributed by atoms with Gasteiger partial charge < -0.3 is 10.2 Å². The smallest absolute Gasteiger partial charge is 0.225 e. The van der Waals surface area contributed by atoms with E-state index in [1.54, 1.807) is 24.9 Å². The molecule has 1 saturated heterocycles. The first-order valence-electron chi connectivity index (χ1n) is 8.88. The Hall–Kier alpha value is -3.09. The molecule has 0 amide bonds. The van der Waals surface area contributed by atoms with Gasteiger partial charge >= 0.3 is 0 Å². The Balaban J connectivity index is 1.41. The molecule has 132 valence electrons. The minimum atomic E-state index is 0.533. The van der Waals surface area contributed by atoms with Crippen LogP contribution in [0, 0.1) is 5.92 Å². The Bertz CT molecular complexity index is 826. The highest BCUT2D eigenvalue weighted by Gasteiger charge is 2.22. The fraction of sp³-hybridized carbons (Fsp3) is 0.316. The van der Waals surface area contributed by atoms with Gasteiger partial charge in [-0.15, -0.1) is 0 Å². The molecule has 1 fully saturated rings. The van der Waals surface area contributed by atoms with Gasteiger partial charge in [0.2, 0.25) is 5.95 Å². The highest BCUT2D eigenvalue weighted by Crippen LogP contribution is 2.23. The lowest BCUT2D eigenvalue weighted by Gasteiger charge is -2.32. The third-order valence-corrected chi connectivity index (χ3v) is 4.50. The summed E-state index contributed by atoms with van der Waals surface area (Å²) in [5.41, 5.74) is 1.04. The quantitative estimate of drug-likeness (QED) is 0.760. The summed E-state index contributed by atoms with van der Waals surface area (Å²) >= 11 is 0. The van der Waals surface area contributed by atoms with Gasteiger partial charge in [-0.3, -0.25) is 0 Å². The van der Waals surface area contributed by atoms with E-state index in [4.69, 9.17) is 0 Å². The molecule has 0 aromatic carbocycles. The molecule has 1 aliphatic rings. The van der Waals surface area contributed by atoms with E-state index in [1.807, 2.05) is 30.3 Å². The molecule has 1 aliphatic heterocycles. The summed E-state index contributed by atoms with van der Waals surface area (Å²) in [7, 11) is 0. The van der Waals surface area contributed by atoms with E-state index < -0.39 is 0 Å². The molecule has 4 heterocycles. The molecule has 3 aromatic rings. The minimum absolute atomic E-state index is 0.533. The van der Waals surface area contributed by atoms with Crippen LogP contribution in [0.2, 0.25) is 0 Å². The van der Waals surface area contributed by atoms with Crippen molar-refractivity contribution in [3.05, 3.63) is 60.9 Å². The molecule has 0 aliphatic carbocycles. The standard InChI is InChI=1S/C19H21N7/c1-2-7-20-17(6-1)25-18-12-16(23-14-24-18)11-15-5-3-10-26(13-15)19-21-8-4-9-22-19/h1-2,4,6-9,12,14-15H,3,5,10-11,13H2,(H,20,23,24,25)/t15-/m0/s1. The van der Waals surface area contributed by atoms with Gasteiger partial charge in [-0.1, -0.05) is 6.07 Å². The number of pyridine rings is 1. The number of aromatic nitrogens is 5. The van der Waals surface area contributed by atoms with Crippen LogP contribution in [0.25, 0.3) is 0 Å². The topological polar surface area (TPSA) is 79.7 Å². The lowest BCUT2D eigenvalue weighted by molar-refractivity contribution is 0.406. The van der Waals surface area contributed by atoms with Crippen LogP contribution in [0.3, 0.4) is 0 Å². The van der Waals surface area contributed by atoms with Gasteiger partial charge in [-0.05, 0) is 43.4 Å². The van der Waals surface area contributed by atoms with Gasteiger partial charge in [0.15, 0.2) is 0 Å². The predicted octanol–water partition coefficient (Wildman–Crippen LogP) is 2.86. The Kier molecular flexibility index (Phi) is 4.95. The maximum atomic E-state index is 4.45. The summed E-state index contributed by atoms with van der Waals surface area (Å²) in [6.07, 6.45) is 10.2. The zero-order chi connectivity index (χ0) is 17.6. The normalized spacial score (nSPS) is 17.1. The van der Waals surface area contributed by atoms with Gasteiger partial charge in [-0.25, -0.2) is 24.9 Å². The number of nitrogens with one attached hydrogen (secondary N) is 1. The Morgan fingerprint density at radius 3 is 2.69 bits per heavy atom. The van der Waals surface area contributed by atoms with Gasteiger partial charge in [0.25, 0.3) is 0 Å². The molecule has 0 spiro atoms. The highest BCUT2D eigenvalue weighted by molar-refractivity contribution is 5.51. The number of hydrogen-bond acceptors (Lipinski definition) is 7. The van der Waals surface area contributed by atoms with Crippen LogP contribution in [-0.4, -0.2) is 38.0 Å². The second-order valence-electron chi connectivity index (χ2n) is 6.44. The third kappa shape index (κ3) is 4.11. The zero-order valence-electron chi connectivity index (χ0n) is 14.5. The fourth-order valence-corrected chi connectivity index (χ4v) is 3.31. The van der Waals surface area contributed by atoms with E-state index in [1.165, 1.54) is 6.42 Å². The summed E-state index contributed by atoms with van der Waals surface area (Å²) in [6, 6.07) is 9.61. The molecule has 0 saturated carbocycles. The molecule has 7 nitrogen and oxygen atoms in total. The van der Waals surface area contributed by atoms with Crippen LogP contribution in [-0.2, 0) is 6.42 Å². The molecule has 4 rings (SSSR count). The van der Waals surface area contributed by atoms with Crippen molar-refractivity contribution >= 4 is 17.6 Å². The first-order chi connectivity index (χ1) is 12.9. The van der Waals surface area contributed by atoms with E-state index in [-0.39, 0.29) is 0 Å². The Labute approximate surface area is 152 Å². The van der Waals surface area contributed by atoms with Gasteiger partial charge in [0.05, 0.1) is 0 Å². The first kappa shape index (κ1) is 16.4. The monoisotopic (exact) mass is 347 g/mol. The molecular weight excluding hydrogens is 326 g/mol. The maximum Gasteiger partial charge on any atom is 0.225 e. The second-order valence-corrected chi connectivity index (χ2v) is 6.44. The second kappa shape index (κ2) is 7.86. The summed E-state index contributed by atoms with van der Waals surface area (Å²) in [4.78, 5) is 24.0. The molecule has 26 heavy (non-hydrogen) atoms. The average molecular weight is 347 g/mol. The Morgan fingerprint density at radius 1 is 0.962 bits per heavy atom. The predicted molar refractivity (Wildman–Crippen MR) is 100 cm³/mol. The lowest BCUT2D eigenvalue weighted by atomic mass is 9.93. The van der Waals surface area contributed by atoms with Crippen LogP contribution < -0.4 is 10.2 Å². The number of rotatable bonds is 5. The zero-order valence-corrected chi connectivity index (χ0v) is 14.5. The van der Waals surface area contributed by atoms with Crippen LogP contribution >= 0.6 is 0 Å². The molecule has 0 bridgehead atoms. The van der Waals surface area contributed by atoms with Gasteiger partial charge in [-0.2, -0.15) is 0 Å². The molecule has 1 atom stereocenters. The van der Waals surface area contributed by atoms with E-state index in [2.05, 4.69) is 35.1 Å². The van der Waals surface area contributed by atoms with Crippen molar-refractivity contribution in [1.29, 1.82) is 0 Å². The van der Waals surface area contributed by atoms with Crippen LogP contribution in [0.5, 0.6) is 0 Å². The molecular formula is C19H21N7. The number of piperidine rings is 1. The van der Waals surface area contributed by atoms with Crippen molar-refractivity contribution in [3.63, 3.8) is 0 Å². The number of anilines is 3. The van der Waals surface area contributed by atoms with E-state index in [0.717, 1.165) is 49.2 Å². The van der Waals surface area contributed by atoms with E-state index in [0.29, 0.717) is 5.92 Å². The van der Waals surface area contributed by atoms with Crippen LogP contribution in [0.4, 0.5) is 17.6 Å². The van der Waals surface area contributed by atoms with Crippen LogP contribution in [0.15, 0.2) is 55.2 Å². The van der Waals surface area contributed by atoms with Crippen molar-refractivity contribution in [2.75, 3.05) is 23.3 Å². The maximum absolute atomic E-state index is 4.45. The van der Waals surface area contributed by atoms with Gasteiger partial charge in [0, 0.05) is 43.4 Å². The lowest BCUT2D eigenvalue weighted by Crippen LogP contribution is -2.37. The van der Waals surface area contributed by atoms with Crippen molar-refractivity contribution in [1.82, 2.24) is 24.9 Å². The van der Waals surface area contributed by atoms with E-state index in [9.17, 15) is 0 Å². The summed E-state index contributed by atoms with van der Waals surface area (Å²) in [6.45, 7) is 1.97. The average Bonchev–Trinajstić information content (AvgIpc) is 2.70. The molecule has 0 radical (unpaired) electrons. The van der Waals surface area contributed by atoms with Crippen molar-refractivity contribution in [3.8, 4) is 0 Å². The minimum Gasteiger partial charge on any atom is -0.341 e. The van der Waals surface area contributed by atoms with Crippen molar-refractivity contribution < 1.29 is 0 Å². The molecule has 3 aromatic heterocycles. The molecule has 1 N–H and O–H groups in total. The first-order valence-corrected chi connectivity index (χ1v) is 8.88. The fourth-order valence-electron chi connectivity index (χ4n) is 3.31. The number of nitrogens with zero attached hydrogens (tertiary/aromatic N) is 6. The molecule has 7 heteroatoms. The van der Waals surface area contributed by atoms with Crippen LogP contribution in [0.1, 0.15) is 18.5 Å². The van der Waals surface area contributed by atoms with Crippen molar-refractivity contribution in [2.24, 2.45) is 5.92 Å². The molecule has 0 unspecified atom stereocenters. The highest BCUT2D eigenvalue weighted by atomic mass is 15.2. The Morgan fingerprint density at radius 2 is 1.85 bits per heavy atom. The van der Waals surface area contributed by atoms with Crippen molar-refractivity contribution in [2.45, 2.75) is 19.3 Å². The third-order valence-electron chi connectivity index (χ3n) is 4.50. The largest absolute Gasteiger partial charge is 0.341 e.